The van der Waals surface area contributed by atoms with Crippen LogP contribution in [0.2, 0.25) is 0 Å². The lowest BCUT2D eigenvalue weighted by Crippen LogP contribution is -2.35. The molecule has 0 bridgehead atoms. The van der Waals surface area contributed by atoms with E-state index in [2.05, 4.69) is 89.1 Å². The van der Waals surface area contributed by atoms with Crippen molar-refractivity contribution in [3.8, 4) is 0 Å². The molecule has 0 saturated carbocycles. The molecule has 0 unspecified atom stereocenters. The number of rotatable bonds is 1. The zero-order chi connectivity index (χ0) is 14.4. The Bertz CT molecular complexity index is 443. The molecule has 1 heterocycles. The average molecular weight is 276 g/mol. The van der Waals surface area contributed by atoms with Crippen molar-refractivity contribution < 1.29 is 0 Å². The van der Waals surface area contributed by atoms with Crippen LogP contribution in [0.3, 0.4) is 0 Å². The molecule has 104 valence electrons. The van der Waals surface area contributed by atoms with Crippen LogP contribution in [0.4, 0.5) is 11.4 Å². The molecule has 0 fully saturated rings. The van der Waals surface area contributed by atoms with Crippen LogP contribution in [0.5, 0.6) is 0 Å². The predicted octanol–water partition coefficient (Wildman–Crippen LogP) is 4.93. The first-order valence-corrected chi connectivity index (χ1v) is 8.11. The van der Waals surface area contributed by atoms with Gasteiger partial charge in [0, 0.05) is 25.4 Å². The topological polar surface area (TPSA) is 6.48 Å². The highest BCUT2D eigenvalue weighted by Crippen LogP contribution is 2.65. The van der Waals surface area contributed by atoms with Gasteiger partial charge in [0.15, 0.2) is 0 Å². The molecule has 1 aliphatic rings. The van der Waals surface area contributed by atoms with Crippen molar-refractivity contribution in [2.45, 2.75) is 51.9 Å². The van der Waals surface area contributed by atoms with E-state index in [4.69, 9.17) is 0 Å². The van der Waals surface area contributed by atoms with Crippen LogP contribution >= 0.6 is 8.07 Å². The molecule has 3 heteroatoms. The average Bonchev–Trinajstić information content (AvgIpc) is 2.53. The van der Waals surface area contributed by atoms with Crippen LogP contribution in [0, 0.1) is 6.67 Å². The number of para-hydroxylation sites is 2. The lowest BCUT2D eigenvalue weighted by Gasteiger charge is -2.46. The van der Waals surface area contributed by atoms with E-state index in [-0.39, 0.29) is 18.4 Å². The van der Waals surface area contributed by atoms with Gasteiger partial charge in [-0.3, -0.25) is 0 Å². The van der Waals surface area contributed by atoms with E-state index in [1.807, 2.05) is 0 Å². The van der Waals surface area contributed by atoms with Crippen molar-refractivity contribution in [1.29, 1.82) is 0 Å². The quantitative estimate of drug-likeness (QED) is 0.671. The van der Waals surface area contributed by atoms with Gasteiger partial charge in [-0.05, 0) is 12.1 Å². The minimum Gasteiger partial charge on any atom is -0.342 e. The van der Waals surface area contributed by atoms with Crippen LogP contribution in [-0.2, 0) is 0 Å². The van der Waals surface area contributed by atoms with E-state index in [1.165, 1.54) is 11.4 Å². The maximum absolute atomic E-state index is 3.53. The minimum atomic E-state index is -0.377. The molecule has 2 radical (unpaired) electrons. The molecule has 0 atom stereocenters. The Balaban J connectivity index is 2.47. The summed E-state index contributed by atoms with van der Waals surface area (Å²) in [7, 11) is 1.70. The summed E-state index contributed by atoms with van der Waals surface area (Å²) < 4.78 is 2.39. The second kappa shape index (κ2) is 4.66. The largest absolute Gasteiger partial charge is 0.342 e. The molecule has 0 spiro atoms. The number of hydrogen-bond acceptors (Lipinski definition) is 2. The molecule has 0 aromatic heterocycles. The van der Waals surface area contributed by atoms with Crippen molar-refractivity contribution >= 4 is 19.4 Å². The highest BCUT2D eigenvalue weighted by atomic mass is 31.1. The first-order valence-electron chi connectivity index (χ1n) is 6.82. The summed E-state index contributed by atoms with van der Waals surface area (Å²) in [6.07, 6.45) is 0. The van der Waals surface area contributed by atoms with Crippen molar-refractivity contribution in [3.63, 3.8) is 0 Å². The maximum atomic E-state index is 3.53. The molecule has 0 N–H and O–H groups in total. The molecule has 19 heavy (non-hydrogen) atoms. The molecule has 2 rings (SSSR count). The van der Waals surface area contributed by atoms with Gasteiger partial charge >= 0.3 is 0 Å². The Morgan fingerprint density at radius 1 is 0.895 bits per heavy atom. The third-order valence-corrected chi connectivity index (χ3v) is 6.43. The Morgan fingerprint density at radius 3 is 1.84 bits per heavy atom. The van der Waals surface area contributed by atoms with Crippen LogP contribution in [0.25, 0.3) is 0 Å². The van der Waals surface area contributed by atoms with Gasteiger partial charge in [0.25, 0.3) is 0 Å². The summed E-state index contributed by atoms with van der Waals surface area (Å²) in [6.45, 7) is 17.6. The molecule has 2 nitrogen and oxygen atoms in total. The summed E-state index contributed by atoms with van der Waals surface area (Å²) >= 11 is 0. The summed E-state index contributed by atoms with van der Waals surface area (Å²) in [5, 5.41) is 0.498. The van der Waals surface area contributed by atoms with Crippen LogP contribution < -0.4 is 9.57 Å². The summed E-state index contributed by atoms with van der Waals surface area (Å²) in [4.78, 5) is 2.11. The first kappa shape index (κ1) is 14.7. The van der Waals surface area contributed by atoms with E-state index in [0.717, 1.165) is 0 Å². The standard InChI is InChI=1S/C16H25N2P/c1-15(2,3)19(16(4,5)6)18-12-17(7)13-10-8-9-11-14(13)18/h8-11H,1-7H3. The Hall–Kier alpha value is -0.750. The summed E-state index contributed by atoms with van der Waals surface area (Å²) in [6, 6.07) is 8.59. The lowest BCUT2D eigenvalue weighted by atomic mass is 10.2. The molecular weight excluding hydrogens is 251 g/mol. The monoisotopic (exact) mass is 276 g/mol. The van der Waals surface area contributed by atoms with Gasteiger partial charge < -0.3 is 9.57 Å². The van der Waals surface area contributed by atoms with Crippen molar-refractivity contribution in [1.82, 2.24) is 0 Å². The van der Waals surface area contributed by atoms with E-state index >= 15 is 0 Å². The highest BCUT2D eigenvalue weighted by Gasteiger charge is 2.43. The van der Waals surface area contributed by atoms with Gasteiger partial charge in [0.2, 0.25) is 6.67 Å². The molecule has 1 aromatic rings. The number of hydrogen-bond donors (Lipinski definition) is 0. The normalized spacial score (nSPS) is 16.2. The minimum absolute atomic E-state index is 0.249. The van der Waals surface area contributed by atoms with Crippen LogP contribution in [0.1, 0.15) is 41.5 Å². The van der Waals surface area contributed by atoms with Crippen molar-refractivity contribution in [2.75, 3.05) is 16.6 Å². The maximum Gasteiger partial charge on any atom is 0.212 e. The number of anilines is 2. The molecule has 1 aromatic carbocycles. The molecule has 0 saturated heterocycles. The summed E-state index contributed by atoms with van der Waals surface area (Å²) in [5.41, 5.74) is 2.55. The second-order valence-electron chi connectivity index (χ2n) is 7.11. The Morgan fingerprint density at radius 2 is 1.37 bits per heavy atom. The smallest absolute Gasteiger partial charge is 0.212 e. The first-order chi connectivity index (χ1) is 8.62. The van der Waals surface area contributed by atoms with Crippen LogP contribution in [0.15, 0.2) is 24.3 Å². The zero-order valence-electron chi connectivity index (χ0n) is 13.2. The second-order valence-corrected chi connectivity index (χ2v) is 10.8. The summed E-state index contributed by atoms with van der Waals surface area (Å²) in [5.74, 6) is 0. The van der Waals surface area contributed by atoms with Gasteiger partial charge in [0.1, 0.15) is 0 Å². The fraction of sp³-hybridized carbons (Fsp3) is 0.562. The molecule has 0 amide bonds. The Kier molecular flexibility index (Phi) is 3.60. The van der Waals surface area contributed by atoms with E-state index in [0.29, 0.717) is 0 Å². The molecular formula is C16H25N2P. The lowest BCUT2D eigenvalue weighted by molar-refractivity contribution is 0.701. The van der Waals surface area contributed by atoms with Gasteiger partial charge in [-0.2, -0.15) is 0 Å². The van der Waals surface area contributed by atoms with E-state index < -0.39 is 0 Å². The SMILES string of the molecule is CN1[C]N(P(C(C)(C)C)C(C)(C)C)c2ccccc21. The van der Waals surface area contributed by atoms with E-state index in [1.54, 1.807) is 0 Å². The molecule has 1 aliphatic heterocycles. The fourth-order valence-electron chi connectivity index (χ4n) is 2.94. The predicted molar refractivity (Wildman–Crippen MR) is 87.0 cm³/mol. The number of nitrogens with zero attached hydrogens (tertiary/aromatic N) is 2. The van der Waals surface area contributed by atoms with Gasteiger partial charge in [-0.15, -0.1) is 0 Å². The third-order valence-electron chi connectivity index (χ3n) is 3.19. The fourth-order valence-corrected chi connectivity index (χ4v) is 6.76. The van der Waals surface area contributed by atoms with Gasteiger partial charge in [-0.1, -0.05) is 53.7 Å². The third kappa shape index (κ3) is 2.74. The molecule has 0 aliphatic carbocycles. The van der Waals surface area contributed by atoms with Gasteiger partial charge in [-0.25, -0.2) is 0 Å². The van der Waals surface area contributed by atoms with Crippen molar-refractivity contribution in [3.05, 3.63) is 30.9 Å². The number of fused-ring (bicyclic) bond motifs is 1. The highest BCUT2D eigenvalue weighted by molar-refractivity contribution is 7.62. The van der Waals surface area contributed by atoms with E-state index in [9.17, 15) is 0 Å². The zero-order valence-corrected chi connectivity index (χ0v) is 14.0. The number of benzene rings is 1. The van der Waals surface area contributed by atoms with Crippen LogP contribution in [-0.4, -0.2) is 17.4 Å². The van der Waals surface area contributed by atoms with Crippen molar-refractivity contribution in [2.24, 2.45) is 0 Å². The van der Waals surface area contributed by atoms with Gasteiger partial charge in [0.05, 0.1) is 11.4 Å². The Labute approximate surface area is 119 Å².